The van der Waals surface area contributed by atoms with E-state index in [2.05, 4.69) is 48.3 Å². The van der Waals surface area contributed by atoms with E-state index in [-0.39, 0.29) is 5.91 Å². The van der Waals surface area contributed by atoms with E-state index in [4.69, 9.17) is 0 Å². The van der Waals surface area contributed by atoms with Crippen LogP contribution in [0.25, 0.3) is 0 Å². The molecule has 0 unspecified atom stereocenters. The molecule has 3 nitrogen and oxygen atoms in total. The number of hydrogen-bond acceptors (Lipinski definition) is 2. The molecule has 1 aromatic carbocycles. The SMILES string of the molecule is CCCNC(=O)CCN(CC)CCc1ccccc1. The van der Waals surface area contributed by atoms with Crippen LogP contribution in [0.5, 0.6) is 0 Å². The van der Waals surface area contributed by atoms with Crippen molar-refractivity contribution in [2.24, 2.45) is 0 Å². The Morgan fingerprint density at radius 1 is 1.16 bits per heavy atom. The second kappa shape index (κ2) is 9.56. The summed E-state index contributed by atoms with van der Waals surface area (Å²) in [5.41, 5.74) is 1.36. The van der Waals surface area contributed by atoms with Crippen molar-refractivity contribution in [2.75, 3.05) is 26.2 Å². The standard InChI is InChI=1S/C16H26N2O/c1-3-12-17-16(19)11-14-18(4-2)13-10-15-8-6-5-7-9-15/h5-9H,3-4,10-14H2,1-2H3,(H,17,19). The third kappa shape index (κ3) is 6.97. The topological polar surface area (TPSA) is 32.3 Å². The van der Waals surface area contributed by atoms with Gasteiger partial charge in [-0.2, -0.15) is 0 Å². The molecule has 0 aliphatic carbocycles. The quantitative estimate of drug-likeness (QED) is 0.741. The van der Waals surface area contributed by atoms with Gasteiger partial charge in [0.1, 0.15) is 0 Å². The van der Waals surface area contributed by atoms with Crippen LogP contribution in [0, 0.1) is 0 Å². The van der Waals surface area contributed by atoms with E-state index in [1.54, 1.807) is 0 Å². The maximum absolute atomic E-state index is 11.6. The third-order valence-electron chi connectivity index (χ3n) is 3.23. The van der Waals surface area contributed by atoms with E-state index in [1.807, 2.05) is 6.07 Å². The van der Waals surface area contributed by atoms with Crippen molar-refractivity contribution in [3.63, 3.8) is 0 Å². The summed E-state index contributed by atoms with van der Waals surface area (Å²) in [6.45, 7) is 7.86. The summed E-state index contributed by atoms with van der Waals surface area (Å²) >= 11 is 0. The summed E-state index contributed by atoms with van der Waals surface area (Å²) in [7, 11) is 0. The number of benzene rings is 1. The van der Waals surface area contributed by atoms with Crippen LogP contribution in [0.1, 0.15) is 32.3 Å². The lowest BCUT2D eigenvalue weighted by Gasteiger charge is -2.20. The Labute approximate surface area is 117 Å². The first-order chi connectivity index (χ1) is 9.26. The predicted octanol–water partition coefficient (Wildman–Crippen LogP) is 2.47. The van der Waals surface area contributed by atoms with Gasteiger partial charge in [0.2, 0.25) is 5.91 Å². The van der Waals surface area contributed by atoms with Crippen molar-refractivity contribution in [3.05, 3.63) is 35.9 Å². The van der Waals surface area contributed by atoms with Gasteiger partial charge in [-0.3, -0.25) is 4.79 Å². The number of carbonyl (C=O) groups excluding carboxylic acids is 1. The highest BCUT2D eigenvalue weighted by Gasteiger charge is 2.06. The molecule has 106 valence electrons. The fourth-order valence-corrected chi connectivity index (χ4v) is 1.97. The number of nitrogens with zero attached hydrogens (tertiary/aromatic N) is 1. The van der Waals surface area contributed by atoms with Gasteiger partial charge in [-0.05, 0) is 24.9 Å². The molecule has 0 bridgehead atoms. The highest BCUT2D eigenvalue weighted by Crippen LogP contribution is 2.02. The summed E-state index contributed by atoms with van der Waals surface area (Å²) < 4.78 is 0. The zero-order valence-electron chi connectivity index (χ0n) is 12.2. The van der Waals surface area contributed by atoms with Gasteiger partial charge in [0.15, 0.2) is 0 Å². The molecule has 0 spiro atoms. The number of nitrogens with one attached hydrogen (secondary N) is 1. The van der Waals surface area contributed by atoms with Crippen LogP contribution in [0.3, 0.4) is 0 Å². The van der Waals surface area contributed by atoms with Gasteiger partial charge in [-0.1, -0.05) is 44.2 Å². The summed E-state index contributed by atoms with van der Waals surface area (Å²) in [5, 5.41) is 2.92. The van der Waals surface area contributed by atoms with E-state index in [0.717, 1.165) is 39.0 Å². The van der Waals surface area contributed by atoms with Crippen molar-refractivity contribution in [1.82, 2.24) is 10.2 Å². The van der Waals surface area contributed by atoms with Crippen LogP contribution in [-0.4, -0.2) is 37.0 Å². The maximum atomic E-state index is 11.6. The maximum Gasteiger partial charge on any atom is 0.221 e. The van der Waals surface area contributed by atoms with Crippen LogP contribution in [0.15, 0.2) is 30.3 Å². The second-order valence-corrected chi connectivity index (χ2v) is 4.77. The average Bonchev–Trinajstić information content (AvgIpc) is 2.46. The van der Waals surface area contributed by atoms with Gasteiger partial charge in [0.05, 0.1) is 0 Å². The largest absolute Gasteiger partial charge is 0.356 e. The molecule has 3 heteroatoms. The molecule has 1 rings (SSSR count). The fraction of sp³-hybridized carbons (Fsp3) is 0.562. The first kappa shape index (κ1) is 15.7. The Morgan fingerprint density at radius 3 is 2.53 bits per heavy atom. The normalized spacial score (nSPS) is 10.7. The molecule has 0 aliphatic heterocycles. The van der Waals surface area contributed by atoms with Crippen molar-refractivity contribution < 1.29 is 4.79 Å². The fourth-order valence-electron chi connectivity index (χ4n) is 1.97. The van der Waals surface area contributed by atoms with E-state index in [9.17, 15) is 4.79 Å². The minimum Gasteiger partial charge on any atom is -0.356 e. The molecule has 19 heavy (non-hydrogen) atoms. The summed E-state index contributed by atoms with van der Waals surface area (Å²) in [5.74, 6) is 0.167. The van der Waals surface area contributed by atoms with Crippen molar-refractivity contribution in [3.8, 4) is 0 Å². The number of hydrogen-bond donors (Lipinski definition) is 1. The molecule has 0 atom stereocenters. The first-order valence-electron chi connectivity index (χ1n) is 7.29. The molecular formula is C16H26N2O. The van der Waals surface area contributed by atoms with E-state index in [1.165, 1.54) is 5.56 Å². The average molecular weight is 262 g/mol. The molecule has 0 saturated carbocycles. The Morgan fingerprint density at radius 2 is 1.89 bits per heavy atom. The minimum absolute atomic E-state index is 0.167. The van der Waals surface area contributed by atoms with Gasteiger partial charge in [-0.25, -0.2) is 0 Å². The molecule has 0 heterocycles. The van der Waals surface area contributed by atoms with E-state index >= 15 is 0 Å². The zero-order chi connectivity index (χ0) is 13.9. The molecule has 0 saturated heterocycles. The van der Waals surface area contributed by atoms with Crippen molar-refractivity contribution in [1.29, 1.82) is 0 Å². The highest BCUT2D eigenvalue weighted by atomic mass is 16.1. The summed E-state index contributed by atoms with van der Waals surface area (Å²) in [4.78, 5) is 13.9. The molecule has 1 aromatic rings. The van der Waals surface area contributed by atoms with Gasteiger partial charge in [-0.15, -0.1) is 0 Å². The Kier molecular flexibility index (Phi) is 7.91. The molecule has 0 aliphatic rings. The van der Waals surface area contributed by atoms with E-state index in [0.29, 0.717) is 6.42 Å². The van der Waals surface area contributed by atoms with Gasteiger partial charge in [0, 0.05) is 26.1 Å². The minimum atomic E-state index is 0.167. The van der Waals surface area contributed by atoms with Crippen LogP contribution >= 0.6 is 0 Å². The third-order valence-corrected chi connectivity index (χ3v) is 3.23. The Balaban J connectivity index is 2.24. The van der Waals surface area contributed by atoms with Gasteiger partial charge < -0.3 is 10.2 Å². The molecule has 0 fully saturated rings. The van der Waals surface area contributed by atoms with E-state index < -0.39 is 0 Å². The first-order valence-corrected chi connectivity index (χ1v) is 7.29. The van der Waals surface area contributed by atoms with Gasteiger partial charge in [0.25, 0.3) is 0 Å². The summed E-state index contributed by atoms with van der Waals surface area (Å²) in [6, 6.07) is 10.5. The highest BCUT2D eigenvalue weighted by molar-refractivity contribution is 5.75. The number of likely N-dealkylation sites (N-methyl/N-ethyl adjacent to an activating group) is 1. The van der Waals surface area contributed by atoms with Crippen molar-refractivity contribution >= 4 is 5.91 Å². The lowest BCUT2D eigenvalue weighted by atomic mass is 10.1. The van der Waals surface area contributed by atoms with Crippen LogP contribution < -0.4 is 5.32 Å². The van der Waals surface area contributed by atoms with Crippen LogP contribution in [-0.2, 0) is 11.2 Å². The Hall–Kier alpha value is -1.35. The molecular weight excluding hydrogens is 236 g/mol. The Bertz CT molecular complexity index is 351. The van der Waals surface area contributed by atoms with Gasteiger partial charge >= 0.3 is 0 Å². The second-order valence-electron chi connectivity index (χ2n) is 4.77. The number of amides is 1. The number of carbonyl (C=O) groups is 1. The molecule has 1 N–H and O–H groups in total. The summed E-state index contributed by atoms with van der Waals surface area (Å²) in [6.07, 6.45) is 2.64. The smallest absolute Gasteiger partial charge is 0.221 e. The monoisotopic (exact) mass is 262 g/mol. The van der Waals surface area contributed by atoms with Crippen molar-refractivity contribution in [2.45, 2.75) is 33.1 Å². The molecule has 1 amide bonds. The molecule has 0 radical (unpaired) electrons. The lowest BCUT2D eigenvalue weighted by Crippen LogP contribution is -2.32. The number of rotatable bonds is 9. The predicted molar refractivity (Wildman–Crippen MR) is 80.2 cm³/mol. The molecule has 0 aromatic heterocycles. The lowest BCUT2D eigenvalue weighted by molar-refractivity contribution is -0.121. The zero-order valence-corrected chi connectivity index (χ0v) is 12.2. The van der Waals surface area contributed by atoms with Crippen LogP contribution in [0.4, 0.5) is 0 Å². The van der Waals surface area contributed by atoms with Crippen LogP contribution in [0.2, 0.25) is 0 Å².